The Morgan fingerprint density at radius 1 is 1.55 bits per heavy atom. The molecule has 1 fully saturated rings. The maximum Gasteiger partial charge on any atom is 0.356 e. The van der Waals surface area contributed by atoms with E-state index < -0.39 is 5.97 Å². The van der Waals surface area contributed by atoms with Crippen molar-refractivity contribution in [1.29, 1.82) is 0 Å². The summed E-state index contributed by atoms with van der Waals surface area (Å²) < 4.78 is 2.38. The topological polar surface area (TPSA) is 68.0 Å². The van der Waals surface area contributed by atoms with Crippen molar-refractivity contribution in [2.24, 2.45) is 7.05 Å². The number of carboxylic acid groups (broad SMARTS) is 1. The number of thiazole rings is 1. The molecule has 0 bridgehead atoms. The van der Waals surface area contributed by atoms with E-state index in [1.807, 2.05) is 30.1 Å². The number of carbonyl (C=O) groups is 1. The van der Waals surface area contributed by atoms with Gasteiger partial charge in [0.15, 0.2) is 5.69 Å². The lowest BCUT2D eigenvalue weighted by molar-refractivity contribution is 0.0690. The Labute approximate surface area is 128 Å². The second-order valence-corrected chi connectivity index (χ2v) is 7.04. The molecular weight excluding hydrogens is 342 g/mol. The predicted molar refractivity (Wildman–Crippen MR) is 80.9 cm³/mol. The van der Waals surface area contributed by atoms with Crippen LogP contribution in [-0.2, 0) is 7.05 Å². The van der Waals surface area contributed by atoms with Crippen molar-refractivity contribution in [3.63, 3.8) is 0 Å². The molecule has 0 saturated heterocycles. The summed E-state index contributed by atoms with van der Waals surface area (Å²) in [6, 6.07) is 0. The number of aromatic nitrogens is 3. The number of rotatable bonds is 4. The third-order valence-corrected chi connectivity index (χ3v) is 4.89. The van der Waals surface area contributed by atoms with Crippen molar-refractivity contribution < 1.29 is 9.90 Å². The van der Waals surface area contributed by atoms with Gasteiger partial charge < -0.3 is 5.11 Å². The SMILES string of the molecule is Cn1ncc(C2CC2)c1/C=C/c1nc(C(=O)O)c(Br)s1. The fourth-order valence-electron chi connectivity index (χ4n) is 2.05. The summed E-state index contributed by atoms with van der Waals surface area (Å²) in [5, 5.41) is 13.9. The zero-order valence-corrected chi connectivity index (χ0v) is 13.1. The normalized spacial score (nSPS) is 15.1. The molecule has 1 aliphatic rings. The second-order valence-electron chi connectivity index (χ2n) is 4.70. The van der Waals surface area contributed by atoms with Crippen LogP contribution in [0.2, 0.25) is 0 Å². The van der Waals surface area contributed by atoms with Crippen molar-refractivity contribution in [3.05, 3.63) is 31.9 Å². The first kappa shape index (κ1) is 13.5. The molecule has 0 amide bonds. The summed E-state index contributed by atoms with van der Waals surface area (Å²) in [4.78, 5) is 15.0. The van der Waals surface area contributed by atoms with Crippen molar-refractivity contribution in [3.8, 4) is 0 Å². The van der Waals surface area contributed by atoms with E-state index in [0.29, 0.717) is 14.7 Å². The summed E-state index contributed by atoms with van der Waals surface area (Å²) in [6.07, 6.45) is 8.15. The average molecular weight is 354 g/mol. The van der Waals surface area contributed by atoms with Crippen molar-refractivity contribution >= 4 is 45.4 Å². The van der Waals surface area contributed by atoms with Crippen LogP contribution in [0, 0.1) is 0 Å². The van der Waals surface area contributed by atoms with Gasteiger partial charge in [0.2, 0.25) is 0 Å². The highest BCUT2D eigenvalue weighted by molar-refractivity contribution is 9.11. The molecule has 2 heterocycles. The van der Waals surface area contributed by atoms with Gasteiger partial charge >= 0.3 is 5.97 Å². The minimum atomic E-state index is -1.02. The van der Waals surface area contributed by atoms with Gasteiger partial charge in [0.05, 0.1) is 11.9 Å². The van der Waals surface area contributed by atoms with Gasteiger partial charge in [0, 0.05) is 12.6 Å². The van der Waals surface area contributed by atoms with Gasteiger partial charge in [0.1, 0.15) is 8.79 Å². The standard InChI is InChI=1S/C13H12BrN3O2S/c1-17-9(8(6-15-17)7-2-3-7)4-5-10-16-11(13(18)19)12(14)20-10/h4-7H,2-3H2,1H3,(H,18,19)/b5-4+. The summed E-state index contributed by atoms with van der Waals surface area (Å²) in [5.74, 6) is -0.395. The van der Waals surface area contributed by atoms with Gasteiger partial charge in [-0.3, -0.25) is 4.68 Å². The fraction of sp³-hybridized carbons (Fsp3) is 0.308. The molecule has 0 radical (unpaired) electrons. The number of aryl methyl sites for hydroxylation is 1. The van der Waals surface area contributed by atoms with Gasteiger partial charge in [-0.25, -0.2) is 9.78 Å². The molecule has 1 N–H and O–H groups in total. The second kappa shape index (κ2) is 5.14. The van der Waals surface area contributed by atoms with Crippen LogP contribution in [0.25, 0.3) is 12.2 Å². The minimum Gasteiger partial charge on any atom is -0.476 e. The zero-order valence-electron chi connectivity index (χ0n) is 10.7. The Kier molecular flexibility index (Phi) is 3.47. The first-order chi connectivity index (χ1) is 9.56. The number of hydrogen-bond acceptors (Lipinski definition) is 4. The van der Waals surface area contributed by atoms with Crippen LogP contribution >= 0.6 is 27.3 Å². The van der Waals surface area contributed by atoms with Gasteiger partial charge in [-0.2, -0.15) is 5.10 Å². The fourth-order valence-corrected chi connectivity index (χ4v) is 3.49. The van der Waals surface area contributed by atoms with Crippen molar-refractivity contribution in [2.45, 2.75) is 18.8 Å². The van der Waals surface area contributed by atoms with Crippen LogP contribution in [0.3, 0.4) is 0 Å². The third-order valence-electron chi connectivity index (χ3n) is 3.22. The molecule has 0 atom stereocenters. The van der Waals surface area contributed by atoms with Gasteiger partial charge in [0.25, 0.3) is 0 Å². The molecule has 104 valence electrons. The molecule has 0 spiro atoms. The minimum absolute atomic E-state index is 0.0575. The molecule has 0 unspecified atom stereocenters. The molecule has 1 saturated carbocycles. The van der Waals surface area contributed by atoms with E-state index in [1.165, 1.54) is 29.7 Å². The van der Waals surface area contributed by atoms with Crippen LogP contribution in [-0.4, -0.2) is 25.8 Å². The van der Waals surface area contributed by atoms with E-state index in [-0.39, 0.29) is 5.69 Å². The molecule has 20 heavy (non-hydrogen) atoms. The predicted octanol–water partition coefficient (Wildman–Crippen LogP) is 3.39. The Hall–Kier alpha value is -1.47. The van der Waals surface area contributed by atoms with Crippen molar-refractivity contribution in [2.75, 3.05) is 0 Å². The molecule has 3 rings (SSSR count). The molecule has 0 aromatic carbocycles. The van der Waals surface area contributed by atoms with Crippen molar-refractivity contribution in [1.82, 2.24) is 14.8 Å². The quantitative estimate of drug-likeness (QED) is 0.914. The number of carboxylic acids is 1. The van der Waals surface area contributed by atoms with Gasteiger partial charge in [-0.15, -0.1) is 11.3 Å². The molecule has 2 aromatic heterocycles. The maximum absolute atomic E-state index is 10.9. The lowest BCUT2D eigenvalue weighted by Gasteiger charge is -1.98. The molecule has 1 aliphatic carbocycles. The highest BCUT2D eigenvalue weighted by Crippen LogP contribution is 2.42. The summed E-state index contributed by atoms with van der Waals surface area (Å²) in [7, 11) is 1.91. The number of halogens is 1. The van der Waals surface area contributed by atoms with Gasteiger partial charge in [-0.05, 0) is 46.8 Å². The molecule has 2 aromatic rings. The number of hydrogen-bond donors (Lipinski definition) is 1. The van der Waals surface area contributed by atoms with Gasteiger partial charge in [-0.1, -0.05) is 0 Å². The Bertz CT molecular complexity index is 701. The monoisotopic (exact) mass is 353 g/mol. The molecule has 5 nitrogen and oxygen atoms in total. The molecular formula is C13H12BrN3O2S. The van der Waals surface area contributed by atoms with Crippen LogP contribution in [0.4, 0.5) is 0 Å². The highest BCUT2D eigenvalue weighted by Gasteiger charge is 2.27. The van der Waals surface area contributed by atoms with Crippen LogP contribution in [0.15, 0.2) is 9.98 Å². The average Bonchev–Trinajstić information content (AvgIpc) is 3.07. The van der Waals surface area contributed by atoms with E-state index >= 15 is 0 Å². The Morgan fingerprint density at radius 3 is 2.90 bits per heavy atom. The Balaban J connectivity index is 1.89. The number of nitrogens with zero attached hydrogens (tertiary/aromatic N) is 3. The maximum atomic E-state index is 10.9. The lowest BCUT2D eigenvalue weighted by Crippen LogP contribution is -1.97. The van der Waals surface area contributed by atoms with E-state index in [0.717, 1.165) is 5.69 Å². The smallest absolute Gasteiger partial charge is 0.356 e. The van der Waals surface area contributed by atoms with Crippen LogP contribution in [0.1, 0.15) is 45.5 Å². The first-order valence-electron chi connectivity index (χ1n) is 6.16. The third kappa shape index (κ3) is 2.55. The summed E-state index contributed by atoms with van der Waals surface area (Å²) in [6.45, 7) is 0. The van der Waals surface area contributed by atoms with E-state index in [9.17, 15) is 4.79 Å². The molecule has 7 heteroatoms. The van der Waals surface area contributed by atoms with E-state index in [2.05, 4.69) is 26.0 Å². The zero-order chi connectivity index (χ0) is 14.3. The van der Waals surface area contributed by atoms with E-state index in [4.69, 9.17) is 5.11 Å². The summed E-state index contributed by atoms with van der Waals surface area (Å²) >= 11 is 4.53. The first-order valence-corrected chi connectivity index (χ1v) is 7.77. The highest BCUT2D eigenvalue weighted by atomic mass is 79.9. The van der Waals surface area contributed by atoms with Crippen LogP contribution in [0.5, 0.6) is 0 Å². The molecule has 0 aliphatic heterocycles. The van der Waals surface area contributed by atoms with E-state index in [1.54, 1.807) is 0 Å². The Morgan fingerprint density at radius 2 is 2.30 bits per heavy atom. The van der Waals surface area contributed by atoms with Crippen LogP contribution < -0.4 is 0 Å². The summed E-state index contributed by atoms with van der Waals surface area (Å²) in [5.41, 5.74) is 2.38. The number of aromatic carboxylic acids is 1. The lowest BCUT2D eigenvalue weighted by atomic mass is 10.1. The largest absolute Gasteiger partial charge is 0.476 e.